The van der Waals surface area contributed by atoms with Gasteiger partial charge in [0.15, 0.2) is 0 Å². The Kier molecular flexibility index (Phi) is 3.91. The molecule has 1 aromatic rings. The molecule has 0 saturated carbocycles. The van der Waals surface area contributed by atoms with Crippen LogP contribution in [0.2, 0.25) is 0 Å². The number of likely N-dealkylation sites (tertiary alicyclic amines) is 1. The highest BCUT2D eigenvalue weighted by atomic mass is 32.1. The second kappa shape index (κ2) is 5.30. The molecule has 0 spiro atoms. The maximum absolute atomic E-state index is 12.0. The number of carbonyl (C=O) groups excluding carboxylic acids is 2. The molecular formula is C13H18N2O3S. The van der Waals surface area contributed by atoms with Gasteiger partial charge in [-0.2, -0.15) is 11.3 Å². The summed E-state index contributed by atoms with van der Waals surface area (Å²) < 4.78 is 0. The number of nitrogens with one attached hydrogen (secondary N) is 1. The lowest BCUT2D eigenvalue weighted by Gasteiger charge is -2.23. The first-order chi connectivity index (χ1) is 8.90. The van der Waals surface area contributed by atoms with Crippen molar-refractivity contribution in [1.82, 2.24) is 10.2 Å². The third-order valence-corrected chi connectivity index (χ3v) is 4.14. The van der Waals surface area contributed by atoms with Crippen LogP contribution in [-0.2, 0) is 15.2 Å². The summed E-state index contributed by atoms with van der Waals surface area (Å²) in [7, 11) is 1.69. The van der Waals surface area contributed by atoms with E-state index in [1.54, 1.807) is 18.9 Å². The van der Waals surface area contributed by atoms with E-state index in [4.69, 9.17) is 0 Å². The second-order valence-corrected chi connectivity index (χ2v) is 5.96. The normalized spacial score (nSPS) is 22.4. The van der Waals surface area contributed by atoms with Crippen LogP contribution in [0.15, 0.2) is 16.8 Å². The Morgan fingerprint density at radius 2 is 2.42 bits per heavy atom. The summed E-state index contributed by atoms with van der Waals surface area (Å²) in [5, 5.41) is 16.8. The smallest absolute Gasteiger partial charge is 0.225 e. The van der Waals surface area contributed by atoms with Crippen molar-refractivity contribution < 1.29 is 14.7 Å². The van der Waals surface area contributed by atoms with E-state index >= 15 is 0 Å². The van der Waals surface area contributed by atoms with Crippen molar-refractivity contribution in [3.8, 4) is 0 Å². The van der Waals surface area contributed by atoms with Gasteiger partial charge >= 0.3 is 0 Å². The average Bonchev–Trinajstić information content (AvgIpc) is 2.98. The molecular weight excluding hydrogens is 264 g/mol. The quantitative estimate of drug-likeness (QED) is 0.847. The highest BCUT2D eigenvalue weighted by Gasteiger charge is 2.33. The third-order valence-electron chi connectivity index (χ3n) is 3.46. The number of rotatable bonds is 4. The number of aliphatic hydroxyl groups is 1. The SMILES string of the molecule is CN1CC(C(=O)NCC(C)(O)c2ccsc2)CC1=O. The molecule has 1 aromatic heterocycles. The molecule has 2 heterocycles. The summed E-state index contributed by atoms with van der Waals surface area (Å²) in [6, 6.07) is 1.84. The average molecular weight is 282 g/mol. The van der Waals surface area contributed by atoms with E-state index in [-0.39, 0.29) is 30.7 Å². The molecule has 19 heavy (non-hydrogen) atoms. The molecule has 104 valence electrons. The molecule has 2 rings (SSSR count). The number of thiophene rings is 1. The highest BCUT2D eigenvalue weighted by molar-refractivity contribution is 7.08. The topological polar surface area (TPSA) is 69.6 Å². The molecule has 1 saturated heterocycles. The summed E-state index contributed by atoms with van der Waals surface area (Å²) in [4.78, 5) is 24.9. The monoisotopic (exact) mass is 282 g/mol. The van der Waals surface area contributed by atoms with Crippen molar-refractivity contribution in [3.63, 3.8) is 0 Å². The maximum Gasteiger partial charge on any atom is 0.225 e. The van der Waals surface area contributed by atoms with Gasteiger partial charge in [-0.1, -0.05) is 0 Å². The standard InChI is InChI=1S/C13H18N2O3S/c1-13(18,10-3-4-19-7-10)8-14-12(17)9-5-11(16)15(2)6-9/h3-4,7,9,18H,5-6,8H2,1-2H3,(H,14,17). The van der Waals surface area contributed by atoms with Crippen LogP contribution in [0.25, 0.3) is 0 Å². The van der Waals surface area contributed by atoms with Crippen molar-refractivity contribution in [2.45, 2.75) is 18.9 Å². The lowest BCUT2D eigenvalue weighted by Crippen LogP contribution is -2.41. The summed E-state index contributed by atoms with van der Waals surface area (Å²) in [6.45, 7) is 2.27. The van der Waals surface area contributed by atoms with E-state index in [1.165, 1.54) is 11.3 Å². The van der Waals surface area contributed by atoms with Crippen molar-refractivity contribution >= 4 is 23.2 Å². The van der Waals surface area contributed by atoms with Crippen LogP contribution < -0.4 is 5.32 Å². The Hall–Kier alpha value is -1.40. The minimum Gasteiger partial charge on any atom is -0.384 e. The fourth-order valence-corrected chi connectivity index (χ4v) is 2.90. The first kappa shape index (κ1) is 14.0. The van der Waals surface area contributed by atoms with Gasteiger partial charge in [-0.3, -0.25) is 9.59 Å². The van der Waals surface area contributed by atoms with Gasteiger partial charge in [0.1, 0.15) is 5.60 Å². The van der Waals surface area contributed by atoms with Crippen molar-refractivity contribution in [3.05, 3.63) is 22.4 Å². The fourth-order valence-electron chi connectivity index (χ4n) is 2.12. The molecule has 2 amide bonds. The lowest BCUT2D eigenvalue weighted by molar-refractivity contribution is -0.128. The van der Waals surface area contributed by atoms with Crippen molar-refractivity contribution in [1.29, 1.82) is 0 Å². The van der Waals surface area contributed by atoms with Gasteiger partial charge < -0.3 is 15.3 Å². The number of nitrogens with zero attached hydrogens (tertiary/aromatic N) is 1. The van der Waals surface area contributed by atoms with Gasteiger partial charge in [-0.25, -0.2) is 0 Å². The van der Waals surface area contributed by atoms with Crippen LogP contribution in [0.3, 0.4) is 0 Å². The van der Waals surface area contributed by atoms with E-state index < -0.39 is 5.60 Å². The third kappa shape index (κ3) is 3.13. The minimum absolute atomic E-state index is 0.00950. The Morgan fingerprint density at radius 1 is 1.68 bits per heavy atom. The Labute approximate surface area is 116 Å². The number of hydrogen-bond donors (Lipinski definition) is 2. The Bertz CT molecular complexity index is 470. The van der Waals surface area contributed by atoms with Crippen LogP contribution >= 0.6 is 11.3 Å². The largest absolute Gasteiger partial charge is 0.384 e. The zero-order chi connectivity index (χ0) is 14.0. The number of carbonyl (C=O) groups is 2. The molecule has 0 aromatic carbocycles. The van der Waals surface area contributed by atoms with Crippen molar-refractivity contribution in [2.75, 3.05) is 20.1 Å². The summed E-state index contributed by atoms with van der Waals surface area (Å²) >= 11 is 1.50. The molecule has 2 N–H and O–H groups in total. The number of hydrogen-bond acceptors (Lipinski definition) is 4. The Balaban J connectivity index is 1.89. The molecule has 0 bridgehead atoms. The van der Waals surface area contributed by atoms with Crippen LogP contribution in [0, 0.1) is 5.92 Å². The van der Waals surface area contributed by atoms with E-state index in [2.05, 4.69) is 5.32 Å². The van der Waals surface area contributed by atoms with Gasteiger partial charge in [-0.15, -0.1) is 0 Å². The van der Waals surface area contributed by atoms with E-state index in [0.29, 0.717) is 6.54 Å². The van der Waals surface area contributed by atoms with E-state index in [9.17, 15) is 14.7 Å². The van der Waals surface area contributed by atoms with E-state index in [1.807, 2.05) is 16.8 Å². The molecule has 1 aliphatic heterocycles. The number of amides is 2. The van der Waals surface area contributed by atoms with Gasteiger partial charge in [-0.05, 0) is 29.3 Å². The highest BCUT2D eigenvalue weighted by Crippen LogP contribution is 2.22. The predicted octanol–water partition coefficient (Wildman–Crippen LogP) is 0.550. The van der Waals surface area contributed by atoms with Crippen molar-refractivity contribution in [2.24, 2.45) is 5.92 Å². The second-order valence-electron chi connectivity index (χ2n) is 5.18. The lowest BCUT2D eigenvalue weighted by atomic mass is 9.99. The van der Waals surface area contributed by atoms with E-state index in [0.717, 1.165) is 5.56 Å². The zero-order valence-electron chi connectivity index (χ0n) is 11.0. The molecule has 1 fully saturated rings. The van der Waals surface area contributed by atoms with Gasteiger partial charge in [0.05, 0.1) is 12.5 Å². The molecule has 2 unspecified atom stereocenters. The molecule has 1 aliphatic rings. The maximum atomic E-state index is 12.0. The molecule has 6 heteroatoms. The van der Waals surface area contributed by atoms with Crippen LogP contribution in [0.5, 0.6) is 0 Å². The molecule has 0 radical (unpaired) electrons. The first-order valence-corrected chi connectivity index (χ1v) is 7.11. The summed E-state index contributed by atoms with van der Waals surface area (Å²) in [5.74, 6) is -0.492. The van der Waals surface area contributed by atoms with Crippen LogP contribution in [0.4, 0.5) is 0 Å². The minimum atomic E-state index is -1.08. The molecule has 0 aliphatic carbocycles. The van der Waals surface area contributed by atoms with Crippen LogP contribution in [0.1, 0.15) is 18.9 Å². The summed E-state index contributed by atoms with van der Waals surface area (Å²) in [6.07, 6.45) is 0.253. The predicted molar refractivity (Wildman–Crippen MR) is 72.6 cm³/mol. The zero-order valence-corrected chi connectivity index (χ0v) is 11.9. The Morgan fingerprint density at radius 3 is 2.95 bits per heavy atom. The van der Waals surface area contributed by atoms with Crippen LogP contribution in [-0.4, -0.2) is 42.0 Å². The molecule has 2 atom stereocenters. The van der Waals surface area contributed by atoms with Gasteiger partial charge in [0, 0.05) is 20.0 Å². The van der Waals surface area contributed by atoms with Gasteiger partial charge in [0.25, 0.3) is 0 Å². The fraction of sp³-hybridized carbons (Fsp3) is 0.538. The molecule has 5 nitrogen and oxygen atoms in total. The summed E-state index contributed by atoms with van der Waals surface area (Å²) in [5.41, 5.74) is -0.290. The first-order valence-electron chi connectivity index (χ1n) is 6.17. The van der Waals surface area contributed by atoms with Gasteiger partial charge in [0.2, 0.25) is 11.8 Å².